The molecule has 0 bridgehead atoms. The van der Waals surface area contributed by atoms with E-state index in [4.69, 9.17) is 16.3 Å². The number of anilines is 1. The van der Waals surface area contributed by atoms with Gasteiger partial charge in [-0.25, -0.2) is 4.79 Å². The molecule has 0 saturated carbocycles. The van der Waals surface area contributed by atoms with Gasteiger partial charge in [-0.05, 0) is 23.8 Å². The fraction of sp³-hybridized carbons (Fsp3) is 0.188. The maximum atomic E-state index is 11.7. The molecule has 0 saturated heterocycles. The summed E-state index contributed by atoms with van der Waals surface area (Å²) in [6.45, 7) is 0.725. The van der Waals surface area contributed by atoms with Gasteiger partial charge in [0.1, 0.15) is 0 Å². The highest BCUT2D eigenvalue weighted by molar-refractivity contribution is 7.99. The van der Waals surface area contributed by atoms with Gasteiger partial charge in [0.05, 0.1) is 19.2 Å². The molecule has 21 heavy (non-hydrogen) atoms. The lowest BCUT2D eigenvalue weighted by Gasteiger charge is -2.22. The number of ether oxygens (including phenoxy) is 1. The number of rotatable bonds is 5. The summed E-state index contributed by atoms with van der Waals surface area (Å²) in [6.07, 6.45) is 1.99. The lowest BCUT2D eigenvalue weighted by Crippen LogP contribution is -2.14. The highest BCUT2D eigenvalue weighted by atomic mass is 35.5. The van der Waals surface area contributed by atoms with Crippen LogP contribution in [-0.2, 0) is 11.3 Å². The number of methoxy groups -OCH3 is 1. The summed E-state index contributed by atoms with van der Waals surface area (Å²) < 4.78 is 6.83. The zero-order chi connectivity index (χ0) is 15.2. The molecule has 2 rings (SSSR count). The average Bonchev–Trinajstić information content (AvgIpc) is 2.52. The molecule has 0 aliphatic carbocycles. The second-order valence-corrected chi connectivity index (χ2v) is 5.64. The molecule has 0 unspecified atom stereocenters. The lowest BCUT2D eigenvalue weighted by molar-refractivity contribution is 0.0601. The van der Waals surface area contributed by atoms with E-state index in [1.165, 1.54) is 12.7 Å². The molecule has 0 aromatic heterocycles. The smallest absolute Gasteiger partial charge is 0.337 e. The summed E-state index contributed by atoms with van der Waals surface area (Å²) in [5.41, 5.74) is 2.51. The monoisotopic (exact) mass is 321 g/mol. The number of carbonyl (C=O) groups is 1. The Balaban J connectivity index is 2.29. The predicted molar refractivity (Wildman–Crippen MR) is 88.9 cm³/mol. The number of hydrogen-bond donors (Lipinski definition) is 0. The Bertz CT molecular complexity index is 619. The average molecular weight is 322 g/mol. The molecule has 5 heteroatoms. The molecule has 0 radical (unpaired) electrons. The summed E-state index contributed by atoms with van der Waals surface area (Å²) in [4.78, 5) is 11.7. The normalized spacial score (nSPS) is 10.2. The Morgan fingerprint density at radius 2 is 1.95 bits per heavy atom. The summed E-state index contributed by atoms with van der Waals surface area (Å²) in [7, 11) is 1.36. The quantitative estimate of drug-likeness (QED) is 0.602. The summed E-state index contributed by atoms with van der Waals surface area (Å²) in [6, 6.07) is 15.4. The maximum Gasteiger partial charge on any atom is 0.337 e. The molecule has 0 amide bonds. The molecule has 0 heterocycles. The van der Waals surface area contributed by atoms with Gasteiger partial charge in [0.25, 0.3) is 0 Å². The maximum absolute atomic E-state index is 11.7. The highest BCUT2D eigenvalue weighted by Gasteiger charge is 2.13. The van der Waals surface area contributed by atoms with Crippen LogP contribution < -0.4 is 4.31 Å². The zero-order valence-corrected chi connectivity index (χ0v) is 13.4. The van der Waals surface area contributed by atoms with Crippen LogP contribution >= 0.6 is 23.5 Å². The van der Waals surface area contributed by atoms with Crippen molar-refractivity contribution < 1.29 is 9.53 Å². The molecular formula is C16H16ClNO2S. The van der Waals surface area contributed by atoms with Gasteiger partial charge >= 0.3 is 5.97 Å². The molecule has 0 aliphatic rings. The number of carbonyl (C=O) groups excluding carboxylic acids is 1. The second kappa shape index (κ2) is 7.38. The molecular weight excluding hydrogens is 306 g/mol. The van der Waals surface area contributed by atoms with E-state index in [1.54, 1.807) is 24.1 Å². The van der Waals surface area contributed by atoms with E-state index in [9.17, 15) is 4.79 Å². The third-order valence-electron chi connectivity index (χ3n) is 2.98. The van der Waals surface area contributed by atoms with Gasteiger partial charge in [-0.2, -0.15) is 0 Å². The minimum absolute atomic E-state index is 0.389. The van der Waals surface area contributed by atoms with Crippen molar-refractivity contribution in [1.29, 1.82) is 0 Å². The van der Waals surface area contributed by atoms with E-state index in [1.807, 2.05) is 30.5 Å². The standard InChI is InChI=1S/C16H16ClNO2S/c1-20-16(19)13-8-14(17)10-15(9-13)18(21-2)11-12-6-4-3-5-7-12/h3-10H,11H2,1-2H3. The van der Waals surface area contributed by atoms with E-state index >= 15 is 0 Å². The Kier molecular flexibility index (Phi) is 5.53. The van der Waals surface area contributed by atoms with E-state index in [2.05, 4.69) is 16.4 Å². The predicted octanol–water partition coefficient (Wildman–Crippen LogP) is 4.41. The lowest BCUT2D eigenvalue weighted by atomic mass is 10.2. The number of halogens is 1. The van der Waals surface area contributed by atoms with E-state index < -0.39 is 0 Å². The third kappa shape index (κ3) is 4.16. The topological polar surface area (TPSA) is 29.5 Å². The third-order valence-corrected chi connectivity index (χ3v) is 3.98. The van der Waals surface area contributed by atoms with Gasteiger partial charge in [0.2, 0.25) is 0 Å². The van der Waals surface area contributed by atoms with Crippen LogP contribution in [0.2, 0.25) is 5.02 Å². The van der Waals surface area contributed by atoms with Gasteiger partial charge in [0.15, 0.2) is 0 Å². The molecule has 0 N–H and O–H groups in total. The summed E-state index contributed by atoms with van der Waals surface area (Å²) in [5.74, 6) is -0.389. The summed E-state index contributed by atoms with van der Waals surface area (Å²) in [5, 5.41) is 0.514. The highest BCUT2D eigenvalue weighted by Crippen LogP contribution is 2.28. The fourth-order valence-electron chi connectivity index (χ4n) is 1.96. The Morgan fingerprint density at radius 1 is 1.24 bits per heavy atom. The van der Waals surface area contributed by atoms with Crippen molar-refractivity contribution in [3.63, 3.8) is 0 Å². The van der Waals surface area contributed by atoms with Crippen LogP contribution in [0.25, 0.3) is 0 Å². The number of hydrogen-bond acceptors (Lipinski definition) is 4. The fourth-order valence-corrected chi connectivity index (χ4v) is 2.79. The van der Waals surface area contributed by atoms with Crippen molar-refractivity contribution in [3.8, 4) is 0 Å². The van der Waals surface area contributed by atoms with Crippen molar-refractivity contribution in [3.05, 3.63) is 64.7 Å². The molecule has 2 aromatic carbocycles. The number of nitrogens with zero attached hydrogens (tertiary/aromatic N) is 1. The van der Waals surface area contributed by atoms with Gasteiger partial charge < -0.3 is 9.04 Å². The van der Waals surface area contributed by atoms with E-state index in [-0.39, 0.29) is 5.97 Å². The van der Waals surface area contributed by atoms with Crippen LogP contribution in [0.5, 0.6) is 0 Å². The first-order chi connectivity index (χ1) is 10.1. The SMILES string of the molecule is COC(=O)c1cc(Cl)cc(N(Cc2ccccc2)SC)c1. The van der Waals surface area contributed by atoms with Crippen molar-refractivity contribution in [2.24, 2.45) is 0 Å². The Hall–Kier alpha value is -1.65. The molecule has 110 valence electrons. The molecule has 3 nitrogen and oxygen atoms in total. The number of esters is 1. The van der Waals surface area contributed by atoms with Crippen LogP contribution in [-0.4, -0.2) is 19.3 Å². The first kappa shape index (κ1) is 15.7. The molecule has 0 fully saturated rings. The van der Waals surface area contributed by atoms with Crippen LogP contribution in [0.15, 0.2) is 48.5 Å². The van der Waals surface area contributed by atoms with Crippen molar-refractivity contribution in [2.75, 3.05) is 17.7 Å². The minimum atomic E-state index is -0.389. The largest absolute Gasteiger partial charge is 0.465 e. The first-order valence-electron chi connectivity index (χ1n) is 6.38. The zero-order valence-electron chi connectivity index (χ0n) is 11.9. The number of benzene rings is 2. The van der Waals surface area contributed by atoms with E-state index in [0.29, 0.717) is 10.6 Å². The van der Waals surface area contributed by atoms with Gasteiger partial charge in [-0.1, -0.05) is 53.9 Å². The van der Waals surface area contributed by atoms with Gasteiger partial charge in [-0.15, -0.1) is 0 Å². The van der Waals surface area contributed by atoms with Crippen LogP contribution in [0.3, 0.4) is 0 Å². The van der Waals surface area contributed by atoms with Crippen molar-refractivity contribution in [1.82, 2.24) is 0 Å². The molecule has 2 aromatic rings. The van der Waals surface area contributed by atoms with Crippen molar-refractivity contribution in [2.45, 2.75) is 6.54 Å². The Labute approximate surface area is 134 Å². The van der Waals surface area contributed by atoms with Crippen LogP contribution in [0.1, 0.15) is 15.9 Å². The van der Waals surface area contributed by atoms with E-state index in [0.717, 1.165) is 12.2 Å². The van der Waals surface area contributed by atoms with Gasteiger partial charge in [-0.3, -0.25) is 0 Å². The second-order valence-electron chi connectivity index (χ2n) is 4.39. The molecule has 0 atom stereocenters. The van der Waals surface area contributed by atoms with Gasteiger partial charge in [0, 0.05) is 17.0 Å². The summed E-state index contributed by atoms with van der Waals surface area (Å²) >= 11 is 7.69. The van der Waals surface area contributed by atoms with Crippen molar-refractivity contribution >= 4 is 35.2 Å². The molecule has 0 aliphatic heterocycles. The van der Waals surface area contributed by atoms with Crippen LogP contribution in [0, 0.1) is 0 Å². The van der Waals surface area contributed by atoms with Crippen LogP contribution in [0.4, 0.5) is 5.69 Å². The molecule has 0 spiro atoms. The Morgan fingerprint density at radius 3 is 2.57 bits per heavy atom. The first-order valence-corrected chi connectivity index (χ1v) is 7.94. The minimum Gasteiger partial charge on any atom is -0.465 e.